The minimum atomic E-state index is -3.28. The number of sulfone groups is 1. The van der Waals surface area contributed by atoms with Crippen molar-refractivity contribution in [1.82, 2.24) is 9.97 Å². The van der Waals surface area contributed by atoms with Crippen LogP contribution in [0.4, 0.5) is 17.3 Å². The number of carbonyl (C=O) groups is 1. The van der Waals surface area contributed by atoms with Crippen LogP contribution in [-0.2, 0) is 14.6 Å². The van der Waals surface area contributed by atoms with Gasteiger partial charge in [-0.3, -0.25) is 4.79 Å². The van der Waals surface area contributed by atoms with Crippen molar-refractivity contribution in [2.24, 2.45) is 0 Å². The predicted molar refractivity (Wildman–Crippen MR) is 126 cm³/mol. The van der Waals surface area contributed by atoms with Crippen molar-refractivity contribution >= 4 is 54.6 Å². The normalized spacial score (nSPS) is 11.2. The van der Waals surface area contributed by atoms with Gasteiger partial charge in [0.25, 0.3) is 0 Å². The highest BCUT2D eigenvalue weighted by Crippen LogP contribution is 2.33. The second-order valence-electron chi connectivity index (χ2n) is 6.73. The highest BCUT2D eigenvalue weighted by atomic mass is 32.2. The quantitative estimate of drug-likeness (QED) is 0.378. The third kappa shape index (κ3) is 4.93. The number of anilines is 3. The number of nitrogens with zero attached hydrogens (tertiary/aromatic N) is 2. The minimum Gasteiger partial charge on any atom is -0.437 e. The summed E-state index contributed by atoms with van der Waals surface area (Å²) in [5.41, 5.74) is 1.90. The number of carbonyl (C=O) groups excluding carboxylic acids is 1. The Kier molecular flexibility index (Phi) is 5.89. The van der Waals surface area contributed by atoms with Gasteiger partial charge in [-0.05, 0) is 53.9 Å². The van der Waals surface area contributed by atoms with Gasteiger partial charge in [0.2, 0.25) is 17.7 Å². The lowest BCUT2D eigenvalue weighted by atomic mass is 10.3. The first-order chi connectivity index (χ1) is 15.3. The molecule has 32 heavy (non-hydrogen) atoms. The molecule has 0 bridgehead atoms. The number of benzene rings is 2. The second kappa shape index (κ2) is 8.77. The summed E-state index contributed by atoms with van der Waals surface area (Å²) in [5.74, 6) is 0.823. The van der Waals surface area contributed by atoms with Crippen LogP contribution in [0.3, 0.4) is 0 Å². The molecule has 0 unspecified atom stereocenters. The van der Waals surface area contributed by atoms with Gasteiger partial charge in [-0.25, -0.2) is 13.4 Å². The van der Waals surface area contributed by atoms with Crippen molar-refractivity contribution in [3.63, 3.8) is 0 Å². The van der Waals surface area contributed by atoms with Gasteiger partial charge in [0.15, 0.2) is 9.84 Å². The lowest BCUT2D eigenvalue weighted by Crippen LogP contribution is -2.07. The Labute approximate surface area is 188 Å². The lowest BCUT2D eigenvalue weighted by Gasteiger charge is -2.11. The maximum absolute atomic E-state index is 11.6. The summed E-state index contributed by atoms with van der Waals surface area (Å²) in [7, 11) is -3.28. The number of thiophene rings is 1. The number of rotatable bonds is 7. The van der Waals surface area contributed by atoms with E-state index in [2.05, 4.69) is 27.2 Å². The summed E-state index contributed by atoms with van der Waals surface area (Å²) >= 11 is 1.44. The molecule has 0 saturated heterocycles. The molecule has 2 heterocycles. The van der Waals surface area contributed by atoms with E-state index in [1.807, 2.05) is 11.4 Å². The Hall–Kier alpha value is -3.76. The average Bonchev–Trinajstić information content (AvgIpc) is 3.23. The molecule has 2 aromatic heterocycles. The van der Waals surface area contributed by atoms with E-state index < -0.39 is 9.84 Å². The maximum atomic E-state index is 11.6. The summed E-state index contributed by atoms with van der Waals surface area (Å²) in [6.45, 7) is 3.44. The van der Waals surface area contributed by atoms with Crippen molar-refractivity contribution < 1.29 is 17.9 Å². The molecule has 1 amide bonds. The standard InChI is InChI=1S/C22H18N4O4S2/c1-3-19(27)23-15-5-4-6-16(13-15)30-21-20-18(11-12-31-20)25-22(26-21)24-14-7-9-17(10-8-14)32(2,28)29/h3-13H,1H2,2H3,(H,23,27)(H,24,25,26). The first-order valence-corrected chi connectivity index (χ1v) is 12.1. The van der Waals surface area contributed by atoms with Gasteiger partial charge in [0.1, 0.15) is 10.4 Å². The molecule has 0 atom stereocenters. The van der Waals surface area contributed by atoms with Crippen LogP contribution in [0.2, 0.25) is 0 Å². The third-order valence-electron chi connectivity index (χ3n) is 4.31. The van der Waals surface area contributed by atoms with Crippen LogP contribution in [0, 0.1) is 0 Å². The van der Waals surface area contributed by atoms with Crippen molar-refractivity contribution in [3.05, 3.63) is 72.6 Å². The topological polar surface area (TPSA) is 110 Å². The zero-order chi connectivity index (χ0) is 22.7. The van der Waals surface area contributed by atoms with Crippen LogP contribution < -0.4 is 15.4 Å². The third-order valence-corrected chi connectivity index (χ3v) is 6.33. The van der Waals surface area contributed by atoms with Gasteiger partial charge in [-0.1, -0.05) is 12.6 Å². The molecule has 0 saturated carbocycles. The smallest absolute Gasteiger partial charge is 0.247 e. The summed E-state index contributed by atoms with van der Waals surface area (Å²) < 4.78 is 30.1. The van der Waals surface area contributed by atoms with E-state index >= 15 is 0 Å². The van der Waals surface area contributed by atoms with Gasteiger partial charge in [-0.2, -0.15) is 4.98 Å². The molecular weight excluding hydrogens is 448 g/mol. The maximum Gasteiger partial charge on any atom is 0.247 e. The SMILES string of the molecule is C=CC(=O)Nc1cccc(Oc2nc(Nc3ccc(S(C)(=O)=O)cc3)nc3ccsc23)c1. The van der Waals surface area contributed by atoms with Crippen molar-refractivity contribution in [3.8, 4) is 11.6 Å². The molecule has 10 heteroatoms. The highest BCUT2D eigenvalue weighted by molar-refractivity contribution is 7.90. The van der Waals surface area contributed by atoms with E-state index in [4.69, 9.17) is 4.74 Å². The largest absolute Gasteiger partial charge is 0.437 e. The first kappa shape index (κ1) is 21.5. The number of hydrogen-bond donors (Lipinski definition) is 2. The summed E-state index contributed by atoms with van der Waals surface area (Å²) in [4.78, 5) is 20.8. The number of amides is 1. The fourth-order valence-corrected chi connectivity index (χ4v) is 4.20. The Morgan fingerprint density at radius 3 is 2.59 bits per heavy atom. The highest BCUT2D eigenvalue weighted by Gasteiger charge is 2.13. The van der Waals surface area contributed by atoms with Crippen LogP contribution in [0.1, 0.15) is 0 Å². The van der Waals surface area contributed by atoms with Crippen molar-refractivity contribution in [1.29, 1.82) is 0 Å². The Morgan fingerprint density at radius 1 is 1.09 bits per heavy atom. The molecule has 2 aromatic carbocycles. The molecule has 0 fully saturated rings. The van der Waals surface area contributed by atoms with E-state index in [1.54, 1.807) is 36.4 Å². The van der Waals surface area contributed by atoms with Gasteiger partial charge < -0.3 is 15.4 Å². The first-order valence-electron chi connectivity index (χ1n) is 9.35. The lowest BCUT2D eigenvalue weighted by molar-refractivity contribution is -0.111. The summed E-state index contributed by atoms with van der Waals surface area (Å²) in [5, 5.41) is 7.65. The summed E-state index contributed by atoms with van der Waals surface area (Å²) in [6, 6.07) is 15.1. The predicted octanol–water partition coefficient (Wildman–Crippen LogP) is 4.76. The molecule has 0 radical (unpaired) electrons. The molecule has 0 aliphatic heterocycles. The van der Waals surface area contributed by atoms with Gasteiger partial charge in [0, 0.05) is 23.7 Å². The minimum absolute atomic E-state index is 0.227. The Balaban J connectivity index is 1.62. The number of hydrogen-bond acceptors (Lipinski definition) is 8. The van der Waals surface area contributed by atoms with Crippen LogP contribution in [0.15, 0.2) is 77.5 Å². The average molecular weight is 467 g/mol. The number of aromatic nitrogens is 2. The monoisotopic (exact) mass is 466 g/mol. The molecule has 0 spiro atoms. The van der Waals surface area contributed by atoms with E-state index in [-0.39, 0.29) is 10.8 Å². The van der Waals surface area contributed by atoms with Gasteiger partial charge in [-0.15, -0.1) is 11.3 Å². The van der Waals surface area contributed by atoms with Crippen LogP contribution in [0.5, 0.6) is 11.6 Å². The van der Waals surface area contributed by atoms with E-state index in [9.17, 15) is 13.2 Å². The van der Waals surface area contributed by atoms with Crippen molar-refractivity contribution in [2.75, 3.05) is 16.9 Å². The molecule has 0 aliphatic carbocycles. The van der Waals surface area contributed by atoms with Gasteiger partial charge >= 0.3 is 0 Å². The molecule has 0 aliphatic rings. The second-order valence-corrected chi connectivity index (χ2v) is 9.66. The Morgan fingerprint density at radius 2 is 1.88 bits per heavy atom. The molecule has 8 nitrogen and oxygen atoms in total. The zero-order valence-electron chi connectivity index (χ0n) is 16.9. The molecule has 4 aromatic rings. The fraction of sp³-hybridized carbons (Fsp3) is 0.0455. The molecule has 2 N–H and O–H groups in total. The number of fused-ring (bicyclic) bond motifs is 1. The molecule has 162 valence electrons. The van der Waals surface area contributed by atoms with Crippen LogP contribution in [0.25, 0.3) is 10.2 Å². The molecular formula is C22H18N4O4S2. The zero-order valence-corrected chi connectivity index (χ0v) is 18.5. The van der Waals surface area contributed by atoms with Gasteiger partial charge in [0.05, 0.1) is 10.4 Å². The van der Waals surface area contributed by atoms with E-state index in [0.29, 0.717) is 34.5 Å². The summed E-state index contributed by atoms with van der Waals surface area (Å²) in [6.07, 6.45) is 2.35. The fourth-order valence-electron chi connectivity index (χ4n) is 2.82. The van der Waals surface area contributed by atoms with E-state index in [1.165, 1.54) is 29.5 Å². The molecule has 4 rings (SSSR count). The number of ether oxygens (including phenoxy) is 1. The van der Waals surface area contributed by atoms with Crippen LogP contribution in [-0.4, -0.2) is 30.5 Å². The Bertz CT molecular complexity index is 1410. The van der Waals surface area contributed by atoms with E-state index in [0.717, 1.165) is 11.0 Å². The number of nitrogens with one attached hydrogen (secondary N) is 2. The van der Waals surface area contributed by atoms with Crippen molar-refractivity contribution in [2.45, 2.75) is 4.90 Å². The van der Waals surface area contributed by atoms with Crippen LogP contribution >= 0.6 is 11.3 Å².